The van der Waals surface area contributed by atoms with E-state index in [2.05, 4.69) is 46.0 Å². The van der Waals surface area contributed by atoms with Gasteiger partial charge in [0.1, 0.15) is 0 Å². The van der Waals surface area contributed by atoms with E-state index in [1.807, 2.05) is 7.05 Å². The maximum absolute atomic E-state index is 5.04. The molecule has 0 radical (unpaired) electrons. The van der Waals surface area contributed by atoms with E-state index in [0.717, 1.165) is 32.1 Å². The summed E-state index contributed by atoms with van der Waals surface area (Å²) in [4.78, 5) is 4.26. The van der Waals surface area contributed by atoms with E-state index in [1.54, 1.807) is 7.11 Å². The van der Waals surface area contributed by atoms with E-state index >= 15 is 0 Å². The van der Waals surface area contributed by atoms with Gasteiger partial charge in [-0.3, -0.25) is 4.99 Å². The van der Waals surface area contributed by atoms with E-state index in [1.165, 1.54) is 18.4 Å². The quantitative estimate of drug-likeness (QED) is 0.454. The van der Waals surface area contributed by atoms with Crippen LogP contribution in [-0.4, -0.2) is 39.8 Å². The number of hydrogen-bond donors (Lipinski definition) is 2. The SMILES string of the molecule is CN=C(NCCCOC)NCC1(c2ccccc2)CC1. The molecule has 1 aliphatic carbocycles. The molecule has 0 amide bonds. The van der Waals surface area contributed by atoms with Crippen LogP contribution in [0.5, 0.6) is 0 Å². The largest absolute Gasteiger partial charge is 0.385 e. The number of ether oxygens (including phenoxy) is 1. The highest BCUT2D eigenvalue weighted by molar-refractivity contribution is 5.79. The van der Waals surface area contributed by atoms with Crippen molar-refractivity contribution in [2.24, 2.45) is 4.99 Å². The molecule has 1 aromatic carbocycles. The van der Waals surface area contributed by atoms with Crippen molar-refractivity contribution in [2.45, 2.75) is 24.7 Å². The van der Waals surface area contributed by atoms with Gasteiger partial charge in [-0.15, -0.1) is 0 Å². The highest BCUT2D eigenvalue weighted by Gasteiger charge is 2.43. The van der Waals surface area contributed by atoms with Gasteiger partial charge in [0.05, 0.1) is 0 Å². The molecule has 0 atom stereocenters. The summed E-state index contributed by atoms with van der Waals surface area (Å²) in [7, 11) is 3.54. The molecule has 2 rings (SSSR count). The fourth-order valence-electron chi connectivity index (χ4n) is 2.41. The Morgan fingerprint density at radius 2 is 2.00 bits per heavy atom. The van der Waals surface area contributed by atoms with Crippen LogP contribution in [0, 0.1) is 0 Å². The molecule has 0 heterocycles. The van der Waals surface area contributed by atoms with E-state index < -0.39 is 0 Å². The van der Waals surface area contributed by atoms with Crippen LogP contribution in [0.1, 0.15) is 24.8 Å². The van der Waals surface area contributed by atoms with Gasteiger partial charge in [-0.1, -0.05) is 30.3 Å². The number of nitrogens with one attached hydrogen (secondary N) is 2. The fraction of sp³-hybridized carbons (Fsp3) is 0.562. The summed E-state index contributed by atoms with van der Waals surface area (Å²) in [5.74, 6) is 0.878. The molecule has 4 nitrogen and oxygen atoms in total. The second kappa shape index (κ2) is 7.29. The second-order valence-electron chi connectivity index (χ2n) is 5.35. The number of rotatable bonds is 7. The Kier molecular flexibility index (Phi) is 5.41. The zero-order valence-electron chi connectivity index (χ0n) is 12.5. The maximum atomic E-state index is 5.04. The van der Waals surface area contributed by atoms with E-state index in [-0.39, 0.29) is 0 Å². The second-order valence-corrected chi connectivity index (χ2v) is 5.35. The van der Waals surface area contributed by atoms with Gasteiger partial charge in [-0.2, -0.15) is 0 Å². The smallest absolute Gasteiger partial charge is 0.191 e. The Labute approximate surface area is 121 Å². The highest BCUT2D eigenvalue weighted by atomic mass is 16.5. The maximum Gasteiger partial charge on any atom is 0.191 e. The van der Waals surface area contributed by atoms with Crippen molar-refractivity contribution in [2.75, 3.05) is 33.9 Å². The minimum absolute atomic E-state index is 0.311. The van der Waals surface area contributed by atoms with Crippen molar-refractivity contribution in [3.8, 4) is 0 Å². The molecule has 1 saturated carbocycles. The molecule has 110 valence electrons. The predicted octanol–water partition coefficient (Wildman–Crippen LogP) is 1.92. The zero-order valence-corrected chi connectivity index (χ0v) is 12.5. The third-order valence-corrected chi connectivity index (χ3v) is 3.88. The summed E-state index contributed by atoms with van der Waals surface area (Å²) in [6.07, 6.45) is 3.50. The molecular weight excluding hydrogens is 250 g/mol. The monoisotopic (exact) mass is 275 g/mol. The Hall–Kier alpha value is -1.55. The van der Waals surface area contributed by atoms with Crippen LogP contribution in [0.2, 0.25) is 0 Å². The van der Waals surface area contributed by atoms with Crippen LogP contribution in [0.25, 0.3) is 0 Å². The van der Waals surface area contributed by atoms with Crippen molar-refractivity contribution >= 4 is 5.96 Å². The van der Waals surface area contributed by atoms with E-state index in [0.29, 0.717) is 5.41 Å². The molecule has 0 bridgehead atoms. The fourth-order valence-corrected chi connectivity index (χ4v) is 2.41. The number of nitrogens with zero attached hydrogens (tertiary/aromatic N) is 1. The molecular formula is C16H25N3O. The number of hydrogen-bond acceptors (Lipinski definition) is 2. The van der Waals surface area contributed by atoms with Crippen LogP contribution >= 0.6 is 0 Å². The normalized spacial score (nSPS) is 16.8. The van der Waals surface area contributed by atoms with Gasteiger partial charge in [0.2, 0.25) is 0 Å². The average Bonchev–Trinajstić information content (AvgIpc) is 3.29. The molecule has 4 heteroatoms. The lowest BCUT2D eigenvalue weighted by Crippen LogP contribution is -2.41. The molecule has 2 N–H and O–H groups in total. The third-order valence-electron chi connectivity index (χ3n) is 3.88. The Bertz CT molecular complexity index is 427. The van der Waals surface area contributed by atoms with Crippen LogP contribution in [0.15, 0.2) is 35.3 Å². The van der Waals surface area contributed by atoms with Gasteiger partial charge in [0, 0.05) is 39.3 Å². The van der Waals surface area contributed by atoms with Crippen LogP contribution in [0.4, 0.5) is 0 Å². The zero-order chi connectivity index (χ0) is 14.3. The predicted molar refractivity (Wildman–Crippen MR) is 83.2 cm³/mol. The summed E-state index contributed by atoms with van der Waals surface area (Å²) in [5.41, 5.74) is 1.74. The first kappa shape index (κ1) is 14.9. The first-order chi connectivity index (χ1) is 9.80. The molecule has 1 fully saturated rings. The van der Waals surface area contributed by atoms with E-state index in [9.17, 15) is 0 Å². The van der Waals surface area contributed by atoms with Gasteiger partial charge in [0.15, 0.2) is 5.96 Å². The Morgan fingerprint density at radius 1 is 1.25 bits per heavy atom. The van der Waals surface area contributed by atoms with Crippen molar-refractivity contribution in [3.63, 3.8) is 0 Å². The number of guanidine groups is 1. The Morgan fingerprint density at radius 3 is 2.60 bits per heavy atom. The summed E-state index contributed by atoms with van der Waals surface area (Å²) >= 11 is 0. The van der Waals surface area contributed by atoms with Gasteiger partial charge in [-0.05, 0) is 24.8 Å². The molecule has 0 aliphatic heterocycles. The van der Waals surface area contributed by atoms with Gasteiger partial charge in [-0.25, -0.2) is 0 Å². The van der Waals surface area contributed by atoms with Gasteiger partial charge < -0.3 is 15.4 Å². The molecule has 1 aromatic rings. The molecule has 0 spiro atoms. The topological polar surface area (TPSA) is 45.7 Å². The van der Waals surface area contributed by atoms with Crippen molar-refractivity contribution in [3.05, 3.63) is 35.9 Å². The highest BCUT2D eigenvalue weighted by Crippen LogP contribution is 2.47. The molecule has 0 saturated heterocycles. The lowest BCUT2D eigenvalue weighted by molar-refractivity contribution is 0.195. The minimum atomic E-state index is 0.311. The standard InChI is InChI=1S/C16H25N3O/c1-17-15(18-11-6-12-20-2)19-13-16(9-10-16)14-7-4-3-5-8-14/h3-5,7-8H,6,9-13H2,1-2H3,(H2,17,18,19). The average molecular weight is 275 g/mol. The molecule has 0 unspecified atom stereocenters. The number of methoxy groups -OCH3 is 1. The number of benzene rings is 1. The summed E-state index contributed by atoms with van der Waals surface area (Å²) < 4.78 is 5.04. The lowest BCUT2D eigenvalue weighted by Gasteiger charge is -2.19. The minimum Gasteiger partial charge on any atom is -0.385 e. The van der Waals surface area contributed by atoms with Crippen LogP contribution < -0.4 is 10.6 Å². The van der Waals surface area contributed by atoms with Crippen molar-refractivity contribution in [1.82, 2.24) is 10.6 Å². The molecule has 0 aromatic heterocycles. The van der Waals surface area contributed by atoms with Crippen LogP contribution in [-0.2, 0) is 10.2 Å². The lowest BCUT2D eigenvalue weighted by atomic mass is 9.96. The van der Waals surface area contributed by atoms with Crippen LogP contribution in [0.3, 0.4) is 0 Å². The first-order valence-electron chi connectivity index (χ1n) is 7.30. The van der Waals surface area contributed by atoms with Gasteiger partial charge >= 0.3 is 0 Å². The van der Waals surface area contributed by atoms with Crippen molar-refractivity contribution < 1.29 is 4.74 Å². The summed E-state index contributed by atoms with van der Waals surface area (Å²) in [6.45, 7) is 2.60. The third kappa shape index (κ3) is 3.97. The number of aliphatic imine (C=N–C) groups is 1. The molecule has 20 heavy (non-hydrogen) atoms. The summed E-state index contributed by atoms with van der Waals surface area (Å²) in [6, 6.07) is 10.8. The molecule has 1 aliphatic rings. The summed E-state index contributed by atoms with van der Waals surface area (Å²) in [5, 5.41) is 6.76. The van der Waals surface area contributed by atoms with E-state index in [4.69, 9.17) is 4.74 Å². The van der Waals surface area contributed by atoms with Gasteiger partial charge in [0.25, 0.3) is 0 Å². The Balaban J connectivity index is 1.79. The van der Waals surface area contributed by atoms with Crippen molar-refractivity contribution in [1.29, 1.82) is 0 Å². The first-order valence-corrected chi connectivity index (χ1v) is 7.30.